The molecule has 6 N–H and O–H groups in total. The number of aliphatic hydroxyl groups excluding tert-OH is 1. The number of nitrogens with zero attached hydrogens (tertiary/aromatic N) is 4. The van der Waals surface area contributed by atoms with Crippen molar-refractivity contribution in [2.24, 2.45) is 16.7 Å². The highest BCUT2D eigenvalue weighted by Crippen LogP contribution is 2.08. The number of aldehydes is 1. The van der Waals surface area contributed by atoms with Crippen molar-refractivity contribution in [1.82, 2.24) is 20.4 Å². The second-order valence-corrected chi connectivity index (χ2v) is 7.27. The quantitative estimate of drug-likeness (QED) is 0.149. The number of hydrogen-bond donors (Lipinski definition) is 4. The summed E-state index contributed by atoms with van der Waals surface area (Å²) < 4.78 is 22.8. The molecule has 1 aliphatic rings. The molecule has 1 aromatic carbocycles. The van der Waals surface area contributed by atoms with E-state index in [1.165, 1.54) is 19.2 Å². The number of halogens is 1. The Kier molecular flexibility index (Phi) is 13.4. The van der Waals surface area contributed by atoms with Gasteiger partial charge in [-0.3, -0.25) is 4.79 Å². The fourth-order valence-electron chi connectivity index (χ4n) is 2.67. The topological polar surface area (TPSA) is 161 Å². The number of aromatic nitrogens is 2. The van der Waals surface area contributed by atoms with Gasteiger partial charge >= 0.3 is 0 Å². The van der Waals surface area contributed by atoms with Crippen molar-refractivity contribution in [3.8, 4) is 0 Å². The van der Waals surface area contributed by atoms with Gasteiger partial charge in [-0.05, 0) is 44.2 Å². The van der Waals surface area contributed by atoms with Crippen LogP contribution in [0, 0.1) is 19.7 Å². The predicted octanol–water partition coefficient (Wildman–Crippen LogP) is 0.271. The first-order valence-corrected chi connectivity index (χ1v) is 10.5. The summed E-state index contributed by atoms with van der Waals surface area (Å²) in [6.45, 7) is 6.11. The molecule has 34 heavy (non-hydrogen) atoms. The minimum absolute atomic E-state index is 0.0694. The van der Waals surface area contributed by atoms with Gasteiger partial charge in [0.2, 0.25) is 0 Å². The second-order valence-electron chi connectivity index (χ2n) is 7.27. The molecule has 2 aromatic rings. The first-order valence-electron chi connectivity index (χ1n) is 10.5. The average molecular weight is 480 g/mol. The summed E-state index contributed by atoms with van der Waals surface area (Å²) in [6, 6.07) is 6.59. The van der Waals surface area contributed by atoms with Crippen molar-refractivity contribution in [3.05, 3.63) is 58.4 Å². The van der Waals surface area contributed by atoms with Gasteiger partial charge in [-0.15, -0.1) is 5.10 Å². The van der Waals surface area contributed by atoms with Crippen LogP contribution >= 0.6 is 0 Å². The van der Waals surface area contributed by atoms with Gasteiger partial charge in [0.25, 0.3) is 0 Å². The van der Waals surface area contributed by atoms with Crippen molar-refractivity contribution in [3.63, 3.8) is 0 Å². The molecule has 12 heteroatoms. The molecule has 1 saturated heterocycles. The molecule has 1 aromatic heterocycles. The van der Waals surface area contributed by atoms with E-state index >= 15 is 0 Å². The highest BCUT2D eigenvalue weighted by atomic mass is 19.1. The molecule has 0 aliphatic carbocycles. The lowest BCUT2D eigenvalue weighted by Crippen LogP contribution is -2.31. The van der Waals surface area contributed by atoms with E-state index < -0.39 is 0 Å². The van der Waals surface area contributed by atoms with E-state index in [4.69, 9.17) is 26.2 Å². The van der Waals surface area contributed by atoms with Crippen LogP contribution in [0.2, 0.25) is 0 Å². The Labute approximate surface area is 198 Å². The van der Waals surface area contributed by atoms with Crippen molar-refractivity contribution in [2.75, 3.05) is 40.5 Å². The Hall–Kier alpha value is -3.03. The van der Waals surface area contributed by atoms with Gasteiger partial charge in [0.05, 0.1) is 26.4 Å². The Morgan fingerprint density at radius 2 is 2.09 bits per heavy atom. The van der Waals surface area contributed by atoms with Crippen molar-refractivity contribution < 1.29 is 23.8 Å². The molecule has 1 atom stereocenters. The number of nitrogens with one attached hydrogen (secondary N) is 1. The van der Waals surface area contributed by atoms with Gasteiger partial charge in [0, 0.05) is 13.6 Å². The monoisotopic (exact) mass is 479 g/mol. The lowest BCUT2D eigenvalue weighted by atomic mass is 10.1. The third kappa shape index (κ3) is 11.2. The number of hydrazine groups is 1. The zero-order valence-electron chi connectivity index (χ0n) is 20.0. The molecule has 188 valence electrons. The van der Waals surface area contributed by atoms with E-state index in [9.17, 15) is 9.18 Å². The zero-order valence-corrected chi connectivity index (χ0v) is 20.0. The van der Waals surface area contributed by atoms with Crippen molar-refractivity contribution in [2.45, 2.75) is 26.5 Å². The SMILES string of the molecule is CNCc1ccc(F)c(C)c1.Cc1nc(C=O)cc(/C(N)=N/N(C)N)n1.OC[C@@H]1COCCO1. The molecule has 1 fully saturated rings. The largest absolute Gasteiger partial charge is 0.394 e. The number of hydrazone groups is 1. The van der Waals surface area contributed by atoms with E-state index in [-0.39, 0.29) is 30.1 Å². The van der Waals surface area contributed by atoms with E-state index in [1.807, 2.05) is 13.1 Å². The molecule has 3 rings (SSSR count). The summed E-state index contributed by atoms with van der Waals surface area (Å²) in [5.41, 5.74) is 8.07. The zero-order chi connectivity index (χ0) is 25.5. The van der Waals surface area contributed by atoms with Crippen LogP contribution in [-0.2, 0) is 16.0 Å². The maximum absolute atomic E-state index is 12.7. The molecule has 0 radical (unpaired) electrons. The summed E-state index contributed by atoms with van der Waals surface area (Å²) in [5.74, 6) is 5.74. The van der Waals surface area contributed by atoms with Crippen LogP contribution < -0.4 is 16.9 Å². The Morgan fingerprint density at radius 3 is 2.59 bits per heavy atom. The lowest BCUT2D eigenvalue weighted by molar-refractivity contribution is -0.105. The third-order valence-electron chi connectivity index (χ3n) is 4.20. The number of rotatable bonds is 6. The molecule has 2 heterocycles. The number of ether oxygens (including phenoxy) is 2. The fourth-order valence-corrected chi connectivity index (χ4v) is 2.67. The van der Waals surface area contributed by atoms with Crippen LogP contribution in [-0.4, -0.2) is 78.9 Å². The van der Waals surface area contributed by atoms with E-state index in [1.54, 1.807) is 19.9 Å². The van der Waals surface area contributed by atoms with Gasteiger partial charge < -0.3 is 25.6 Å². The normalized spacial score (nSPS) is 15.4. The average Bonchev–Trinajstić information content (AvgIpc) is 2.82. The van der Waals surface area contributed by atoms with Crippen LogP contribution in [0.15, 0.2) is 29.4 Å². The van der Waals surface area contributed by atoms with Crippen molar-refractivity contribution >= 4 is 12.1 Å². The summed E-state index contributed by atoms with van der Waals surface area (Å²) in [5, 5.41) is 16.3. The van der Waals surface area contributed by atoms with Crippen LogP contribution in [0.25, 0.3) is 0 Å². The van der Waals surface area contributed by atoms with Crippen LogP contribution in [0.4, 0.5) is 4.39 Å². The Bertz CT molecular complexity index is 922. The fraction of sp³-hybridized carbons (Fsp3) is 0.455. The van der Waals surface area contributed by atoms with Gasteiger partial charge in [-0.1, -0.05) is 12.1 Å². The molecule has 0 bridgehead atoms. The Morgan fingerprint density at radius 1 is 1.35 bits per heavy atom. The molecular weight excluding hydrogens is 445 g/mol. The number of aryl methyl sites for hydroxylation is 2. The number of carbonyl (C=O) groups is 1. The predicted molar refractivity (Wildman–Crippen MR) is 126 cm³/mol. The Balaban J connectivity index is 0.000000268. The maximum Gasteiger partial charge on any atom is 0.171 e. The van der Waals surface area contributed by atoms with E-state index in [0.717, 1.165) is 17.2 Å². The van der Waals surface area contributed by atoms with Crippen LogP contribution in [0.5, 0.6) is 0 Å². The number of hydrogen-bond acceptors (Lipinski definition) is 10. The second kappa shape index (κ2) is 15.7. The number of benzene rings is 1. The molecule has 0 spiro atoms. The van der Waals surface area contributed by atoms with Crippen LogP contribution in [0.3, 0.4) is 0 Å². The number of nitrogens with two attached hydrogens (primary N) is 2. The first-order chi connectivity index (χ1) is 16.2. The van der Waals surface area contributed by atoms with E-state index in [0.29, 0.717) is 43.2 Å². The number of aliphatic hydroxyl groups is 1. The summed E-state index contributed by atoms with van der Waals surface area (Å²) >= 11 is 0. The molecule has 1 aliphatic heterocycles. The smallest absolute Gasteiger partial charge is 0.171 e. The standard InChI is InChI=1S/C9H12FN.C8H12N6O.C5H10O3/c1-7-5-8(6-11-2)3-4-9(7)10;1-5-11-6(4-15)3-7(12-5)8(9)13-14(2)10;6-3-5-4-7-1-2-8-5/h3-5,11H,6H2,1-2H3;3-4H,10H2,1-2H3,(H2,9,13);5-6H,1-4H2/t;;5-/m..1/s1. The molecule has 11 nitrogen and oxygen atoms in total. The van der Waals surface area contributed by atoms with Crippen molar-refractivity contribution in [1.29, 1.82) is 0 Å². The van der Waals surface area contributed by atoms with Gasteiger partial charge in [-0.2, -0.15) is 0 Å². The van der Waals surface area contributed by atoms with Gasteiger partial charge in [0.1, 0.15) is 29.1 Å². The number of carbonyl (C=O) groups excluding carboxylic acids is 1. The number of amidine groups is 1. The highest BCUT2D eigenvalue weighted by molar-refractivity contribution is 5.96. The highest BCUT2D eigenvalue weighted by Gasteiger charge is 2.11. The third-order valence-corrected chi connectivity index (χ3v) is 4.20. The minimum Gasteiger partial charge on any atom is -0.394 e. The molecular formula is C22H34FN7O4. The summed E-state index contributed by atoms with van der Waals surface area (Å²) in [4.78, 5) is 18.5. The molecule has 0 amide bonds. The summed E-state index contributed by atoms with van der Waals surface area (Å²) in [7, 11) is 3.40. The van der Waals surface area contributed by atoms with E-state index in [2.05, 4.69) is 20.4 Å². The molecule has 0 unspecified atom stereocenters. The minimum atomic E-state index is -0.134. The lowest BCUT2D eigenvalue weighted by Gasteiger charge is -2.20. The summed E-state index contributed by atoms with van der Waals surface area (Å²) in [6.07, 6.45) is 0.543. The maximum atomic E-state index is 12.7. The molecule has 0 saturated carbocycles. The van der Waals surface area contributed by atoms with Crippen LogP contribution in [0.1, 0.15) is 33.1 Å². The van der Waals surface area contributed by atoms with Gasteiger partial charge in [-0.25, -0.2) is 25.3 Å². The van der Waals surface area contributed by atoms with Gasteiger partial charge in [0.15, 0.2) is 12.1 Å². The first kappa shape index (κ1) is 29.0.